The van der Waals surface area contributed by atoms with Gasteiger partial charge >= 0.3 is 11.9 Å². The summed E-state index contributed by atoms with van der Waals surface area (Å²) in [4.78, 5) is 21.3. The molecule has 4 heteroatoms. The number of carbonyl (C=O) groups excluding carboxylic acids is 1. The van der Waals surface area contributed by atoms with Crippen LogP contribution < -0.4 is 0 Å². The third-order valence-corrected chi connectivity index (χ3v) is 3.08. The van der Waals surface area contributed by atoms with Crippen LogP contribution in [0, 0.1) is 11.3 Å². The first-order chi connectivity index (χ1) is 9.74. The van der Waals surface area contributed by atoms with Gasteiger partial charge in [0.15, 0.2) is 0 Å². The summed E-state index contributed by atoms with van der Waals surface area (Å²) in [6.07, 6.45) is 7.46. The highest BCUT2D eigenvalue weighted by atomic mass is 16.5. The molecule has 0 aromatic rings. The van der Waals surface area contributed by atoms with Crippen molar-refractivity contribution in [2.24, 2.45) is 11.3 Å². The van der Waals surface area contributed by atoms with Crippen molar-refractivity contribution >= 4 is 11.9 Å². The van der Waals surface area contributed by atoms with Gasteiger partial charge < -0.3 is 9.84 Å². The highest BCUT2D eigenvalue weighted by Gasteiger charge is 2.18. The third kappa shape index (κ3) is 16.9. The predicted octanol–water partition coefficient (Wildman–Crippen LogP) is 4.42. The standard InChI is InChI=1S/C11H20O4.C6H12/c1-11(2,3)8-15-10(14)7-5-4-6-9(12)13;1-2-3-6-4-5-6/h4-8H2,1-3H3,(H,12,13);6H,2-5H2,1H3. The van der Waals surface area contributed by atoms with Crippen LogP contribution in [-0.2, 0) is 14.3 Å². The molecule has 0 saturated heterocycles. The molecule has 0 unspecified atom stereocenters. The Kier molecular flexibility index (Phi) is 10.1. The second kappa shape index (κ2) is 10.6. The van der Waals surface area contributed by atoms with Crippen LogP contribution >= 0.6 is 0 Å². The Labute approximate surface area is 129 Å². The van der Waals surface area contributed by atoms with E-state index in [-0.39, 0.29) is 17.8 Å². The molecule has 1 saturated carbocycles. The van der Waals surface area contributed by atoms with Gasteiger partial charge in [-0.3, -0.25) is 9.59 Å². The zero-order valence-corrected chi connectivity index (χ0v) is 14.1. The lowest BCUT2D eigenvalue weighted by atomic mass is 9.99. The van der Waals surface area contributed by atoms with Crippen molar-refractivity contribution in [2.75, 3.05) is 6.61 Å². The molecule has 1 rings (SSSR count). The van der Waals surface area contributed by atoms with E-state index in [4.69, 9.17) is 9.84 Å². The minimum Gasteiger partial charge on any atom is -0.481 e. The van der Waals surface area contributed by atoms with E-state index >= 15 is 0 Å². The van der Waals surface area contributed by atoms with Crippen molar-refractivity contribution in [3.63, 3.8) is 0 Å². The lowest BCUT2D eigenvalue weighted by molar-refractivity contribution is -0.147. The quantitative estimate of drug-likeness (QED) is 0.532. The number of carboxylic acids is 1. The SMILES string of the molecule is CC(C)(C)COC(=O)CCCCC(=O)O.CCCC1CC1. The smallest absolute Gasteiger partial charge is 0.305 e. The maximum absolute atomic E-state index is 11.2. The highest BCUT2D eigenvalue weighted by molar-refractivity contribution is 5.69. The van der Waals surface area contributed by atoms with Gasteiger partial charge in [-0.15, -0.1) is 0 Å². The first-order valence-corrected chi connectivity index (χ1v) is 8.12. The fourth-order valence-electron chi connectivity index (χ4n) is 1.73. The van der Waals surface area contributed by atoms with Crippen LogP contribution in [0.3, 0.4) is 0 Å². The van der Waals surface area contributed by atoms with Crippen LogP contribution in [0.4, 0.5) is 0 Å². The number of unbranched alkanes of at least 4 members (excludes halogenated alkanes) is 1. The van der Waals surface area contributed by atoms with Gasteiger partial charge in [-0.25, -0.2) is 0 Å². The lowest BCUT2D eigenvalue weighted by Gasteiger charge is -2.17. The average Bonchev–Trinajstić information content (AvgIpc) is 3.16. The van der Waals surface area contributed by atoms with E-state index in [2.05, 4.69) is 6.92 Å². The van der Waals surface area contributed by atoms with Crippen molar-refractivity contribution in [1.82, 2.24) is 0 Å². The van der Waals surface area contributed by atoms with E-state index in [1.165, 1.54) is 25.7 Å². The van der Waals surface area contributed by atoms with Crippen LogP contribution in [0.15, 0.2) is 0 Å². The summed E-state index contributed by atoms with van der Waals surface area (Å²) >= 11 is 0. The molecule has 1 N–H and O–H groups in total. The van der Waals surface area contributed by atoms with Crippen molar-refractivity contribution < 1.29 is 19.4 Å². The fraction of sp³-hybridized carbons (Fsp3) is 0.882. The monoisotopic (exact) mass is 300 g/mol. The molecule has 0 aromatic heterocycles. The zero-order valence-electron chi connectivity index (χ0n) is 14.1. The van der Waals surface area contributed by atoms with Crippen LogP contribution in [0.5, 0.6) is 0 Å². The second-order valence-electron chi connectivity index (χ2n) is 7.05. The maximum atomic E-state index is 11.2. The van der Waals surface area contributed by atoms with Gasteiger partial charge in [0, 0.05) is 12.8 Å². The molecular weight excluding hydrogens is 268 g/mol. The van der Waals surface area contributed by atoms with E-state index in [1.807, 2.05) is 20.8 Å². The molecule has 0 atom stereocenters. The Bertz CT molecular complexity index is 300. The number of carboxylic acid groups (broad SMARTS) is 1. The Hall–Kier alpha value is -1.06. The summed E-state index contributed by atoms with van der Waals surface area (Å²) in [5, 5.41) is 8.37. The number of hydrogen-bond donors (Lipinski definition) is 1. The zero-order chi connectivity index (χ0) is 16.3. The summed E-state index contributed by atoms with van der Waals surface area (Å²) in [7, 11) is 0. The molecule has 0 spiro atoms. The van der Waals surface area contributed by atoms with Crippen molar-refractivity contribution in [2.45, 2.75) is 79.1 Å². The van der Waals surface area contributed by atoms with E-state index in [9.17, 15) is 9.59 Å². The molecular formula is C17H32O4. The Morgan fingerprint density at radius 1 is 1.14 bits per heavy atom. The molecule has 0 aliphatic heterocycles. The molecule has 1 fully saturated rings. The van der Waals surface area contributed by atoms with Crippen molar-refractivity contribution in [3.8, 4) is 0 Å². The summed E-state index contributed by atoms with van der Waals surface area (Å²) < 4.78 is 5.03. The number of hydrogen-bond acceptors (Lipinski definition) is 3. The van der Waals surface area contributed by atoms with Gasteiger partial charge in [0.2, 0.25) is 0 Å². The lowest BCUT2D eigenvalue weighted by Crippen LogP contribution is -2.18. The Morgan fingerprint density at radius 2 is 1.71 bits per heavy atom. The van der Waals surface area contributed by atoms with Crippen molar-refractivity contribution in [3.05, 3.63) is 0 Å². The summed E-state index contributed by atoms with van der Waals surface area (Å²) in [6.45, 7) is 8.64. The van der Waals surface area contributed by atoms with Crippen LogP contribution in [-0.4, -0.2) is 23.7 Å². The third-order valence-electron chi connectivity index (χ3n) is 3.08. The fourth-order valence-corrected chi connectivity index (χ4v) is 1.73. The Balaban J connectivity index is 0.000000547. The van der Waals surface area contributed by atoms with Crippen LogP contribution in [0.1, 0.15) is 79.1 Å². The van der Waals surface area contributed by atoms with E-state index in [0.717, 1.165) is 5.92 Å². The molecule has 4 nitrogen and oxygen atoms in total. The van der Waals surface area contributed by atoms with Crippen LogP contribution in [0.2, 0.25) is 0 Å². The molecule has 21 heavy (non-hydrogen) atoms. The van der Waals surface area contributed by atoms with Gasteiger partial charge in [-0.05, 0) is 24.2 Å². The van der Waals surface area contributed by atoms with E-state index in [0.29, 0.717) is 25.9 Å². The number of rotatable bonds is 8. The van der Waals surface area contributed by atoms with Gasteiger partial charge in [-0.2, -0.15) is 0 Å². The van der Waals surface area contributed by atoms with Gasteiger partial charge in [0.05, 0.1) is 6.61 Å². The van der Waals surface area contributed by atoms with E-state index < -0.39 is 5.97 Å². The van der Waals surface area contributed by atoms with E-state index in [1.54, 1.807) is 0 Å². The highest BCUT2D eigenvalue weighted by Crippen LogP contribution is 2.32. The normalized spacial score (nSPS) is 14.1. The molecule has 0 bridgehead atoms. The van der Waals surface area contributed by atoms with Gasteiger partial charge in [0.25, 0.3) is 0 Å². The largest absolute Gasteiger partial charge is 0.481 e. The van der Waals surface area contributed by atoms with Gasteiger partial charge in [-0.1, -0.05) is 53.4 Å². The average molecular weight is 300 g/mol. The second-order valence-corrected chi connectivity index (χ2v) is 7.05. The molecule has 124 valence electrons. The van der Waals surface area contributed by atoms with Gasteiger partial charge in [0.1, 0.15) is 0 Å². The maximum Gasteiger partial charge on any atom is 0.305 e. The summed E-state index contributed by atoms with van der Waals surface area (Å²) in [5.41, 5.74) is -0.0171. The molecule has 0 amide bonds. The minimum atomic E-state index is -0.821. The Morgan fingerprint density at radius 3 is 2.10 bits per heavy atom. The van der Waals surface area contributed by atoms with Crippen molar-refractivity contribution in [1.29, 1.82) is 0 Å². The topological polar surface area (TPSA) is 63.6 Å². The predicted molar refractivity (Wildman–Crippen MR) is 84.1 cm³/mol. The molecule has 0 radical (unpaired) electrons. The molecule has 1 aliphatic carbocycles. The first kappa shape index (κ1) is 19.9. The minimum absolute atomic E-state index is 0.0171. The summed E-state index contributed by atoms with van der Waals surface area (Å²) in [5.74, 6) is 0.0865. The summed E-state index contributed by atoms with van der Waals surface area (Å²) in [6, 6.07) is 0. The molecule has 1 aliphatic rings. The number of aliphatic carboxylic acids is 1. The number of ether oxygens (including phenoxy) is 1. The number of carbonyl (C=O) groups is 2. The van der Waals surface area contributed by atoms with Crippen LogP contribution in [0.25, 0.3) is 0 Å². The molecule has 0 aromatic carbocycles. The number of esters is 1. The molecule has 0 heterocycles. The first-order valence-electron chi connectivity index (χ1n) is 8.12.